The molecule has 0 radical (unpaired) electrons. The van der Waals surface area contributed by atoms with Gasteiger partial charge in [-0.25, -0.2) is 18.1 Å². The molecule has 0 atom stereocenters. The molecular formula is C16H20N4O3S2. The zero-order valence-corrected chi connectivity index (χ0v) is 15.7. The monoisotopic (exact) mass is 380 g/mol. The number of likely N-dealkylation sites (tertiary alicyclic amines) is 1. The van der Waals surface area contributed by atoms with Gasteiger partial charge in [-0.3, -0.25) is 4.79 Å². The lowest BCUT2D eigenvalue weighted by Gasteiger charge is -2.30. The summed E-state index contributed by atoms with van der Waals surface area (Å²) in [5.41, 5.74) is 1.05. The van der Waals surface area contributed by atoms with Crippen LogP contribution in [0.15, 0.2) is 34.5 Å². The third-order valence-corrected chi connectivity index (χ3v) is 6.36. The fraction of sp³-hybridized carbons (Fsp3) is 0.375. The number of rotatable bonds is 6. The van der Waals surface area contributed by atoms with Crippen molar-refractivity contribution in [3.63, 3.8) is 0 Å². The van der Waals surface area contributed by atoms with E-state index in [1.165, 1.54) is 23.5 Å². The van der Waals surface area contributed by atoms with Gasteiger partial charge in [-0.15, -0.1) is 11.3 Å². The van der Waals surface area contributed by atoms with E-state index >= 15 is 0 Å². The predicted octanol–water partition coefficient (Wildman–Crippen LogP) is 1.53. The van der Waals surface area contributed by atoms with Crippen molar-refractivity contribution in [2.24, 2.45) is 0 Å². The number of benzene rings is 1. The molecule has 1 saturated heterocycles. The number of carbonyl (C=O) groups is 1. The van der Waals surface area contributed by atoms with Gasteiger partial charge < -0.3 is 9.80 Å². The summed E-state index contributed by atoms with van der Waals surface area (Å²) in [6.45, 7) is 1.56. The van der Waals surface area contributed by atoms with Crippen LogP contribution in [-0.2, 0) is 16.6 Å². The van der Waals surface area contributed by atoms with Crippen LogP contribution in [0.3, 0.4) is 0 Å². The Morgan fingerprint density at radius 3 is 2.72 bits per heavy atom. The predicted molar refractivity (Wildman–Crippen MR) is 97.4 cm³/mol. The van der Waals surface area contributed by atoms with Crippen molar-refractivity contribution in [3.05, 3.63) is 40.9 Å². The number of nitrogens with one attached hydrogen (secondary N) is 1. The van der Waals surface area contributed by atoms with E-state index in [-0.39, 0.29) is 17.3 Å². The summed E-state index contributed by atoms with van der Waals surface area (Å²) >= 11 is 1.45. The van der Waals surface area contributed by atoms with Crippen molar-refractivity contribution in [1.82, 2.24) is 14.6 Å². The molecule has 25 heavy (non-hydrogen) atoms. The first-order chi connectivity index (χ1) is 11.9. The van der Waals surface area contributed by atoms with E-state index in [1.807, 2.05) is 24.4 Å². The fourth-order valence-corrected chi connectivity index (χ4v) is 4.14. The van der Waals surface area contributed by atoms with E-state index in [0.29, 0.717) is 11.3 Å². The number of carbonyl (C=O) groups excluding carboxylic acids is 1. The van der Waals surface area contributed by atoms with Gasteiger partial charge in [0.25, 0.3) is 5.91 Å². The lowest BCUT2D eigenvalue weighted by atomic mass is 10.1. The van der Waals surface area contributed by atoms with Gasteiger partial charge in [-0.1, -0.05) is 6.07 Å². The number of amides is 1. The van der Waals surface area contributed by atoms with Gasteiger partial charge in [0.05, 0.1) is 17.1 Å². The second-order valence-electron chi connectivity index (χ2n) is 6.01. The molecule has 1 amide bonds. The van der Waals surface area contributed by atoms with E-state index in [0.717, 1.165) is 24.6 Å². The summed E-state index contributed by atoms with van der Waals surface area (Å²) in [4.78, 5) is 20.3. The fourth-order valence-electron chi connectivity index (χ4n) is 2.33. The minimum Gasteiger partial charge on any atom is -0.354 e. The summed E-state index contributed by atoms with van der Waals surface area (Å²) in [6, 6.07) is 6.15. The van der Waals surface area contributed by atoms with Crippen LogP contribution in [0, 0.1) is 0 Å². The maximum absolute atomic E-state index is 12.5. The molecule has 1 aromatic carbocycles. The van der Waals surface area contributed by atoms with Gasteiger partial charge >= 0.3 is 0 Å². The average Bonchev–Trinajstić information content (AvgIpc) is 3.01. The summed E-state index contributed by atoms with van der Waals surface area (Å²) in [5.74, 6) is -0.126. The van der Waals surface area contributed by atoms with Gasteiger partial charge in [-0.2, -0.15) is 0 Å². The second kappa shape index (κ2) is 7.11. The molecule has 3 rings (SSSR count). The Labute approximate surface area is 151 Å². The second-order valence-corrected chi connectivity index (χ2v) is 8.62. The van der Waals surface area contributed by atoms with Crippen LogP contribution in [0.5, 0.6) is 0 Å². The third-order valence-electron chi connectivity index (χ3n) is 3.90. The van der Waals surface area contributed by atoms with Crippen molar-refractivity contribution in [1.29, 1.82) is 0 Å². The first kappa shape index (κ1) is 17.8. The minimum atomic E-state index is -3.71. The maximum Gasteiger partial charge on any atom is 0.253 e. The van der Waals surface area contributed by atoms with Crippen LogP contribution in [-0.4, -0.2) is 51.4 Å². The summed E-state index contributed by atoms with van der Waals surface area (Å²) in [5, 5.41) is 2.64. The number of hydrogen-bond acceptors (Lipinski definition) is 6. The molecule has 1 aliphatic rings. The van der Waals surface area contributed by atoms with Crippen LogP contribution < -0.4 is 9.62 Å². The lowest BCUT2D eigenvalue weighted by molar-refractivity contribution is 0.0651. The largest absolute Gasteiger partial charge is 0.354 e. The number of sulfonamides is 1. The molecule has 0 saturated carbocycles. The van der Waals surface area contributed by atoms with E-state index < -0.39 is 10.0 Å². The van der Waals surface area contributed by atoms with Crippen LogP contribution >= 0.6 is 11.3 Å². The average molecular weight is 380 g/mol. The number of thiazole rings is 1. The van der Waals surface area contributed by atoms with E-state index in [2.05, 4.69) is 9.71 Å². The number of nitrogens with zero attached hydrogens (tertiary/aromatic N) is 3. The first-order valence-corrected chi connectivity index (χ1v) is 10.2. The molecule has 9 heteroatoms. The highest BCUT2D eigenvalue weighted by molar-refractivity contribution is 7.89. The van der Waals surface area contributed by atoms with Gasteiger partial charge in [0.15, 0.2) is 5.13 Å². The van der Waals surface area contributed by atoms with Gasteiger partial charge in [0.1, 0.15) is 0 Å². The highest BCUT2D eigenvalue weighted by Gasteiger charge is 2.23. The number of hydrogen-bond donors (Lipinski definition) is 1. The van der Waals surface area contributed by atoms with Crippen molar-refractivity contribution in [2.45, 2.75) is 17.9 Å². The van der Waals surface area contributed by atoms with Crippen molar-refractivity contribution in [2.75, 3.05) is 32.1 Å². The minimum absolute atomic E-state index is 0.0851. The van der Waals surface area contributed by atoms with Crippen LogP contribution in [0.25, 0.3) is 0 Å². The van der Waals surface area contributed by atoms with Gasteiger partial charge in [-0.05, 0) is 24.6 Å². The highest BCUT2D eigenvalue weighted by atomic mass is 32.2. The van der Waals surface area contributed by atoms with Crippen LogP contribution in [0.1, 0.15) is 22.5 Å². The summed E-state index contributed by atoms with van der Waals surface area (Å²) < 4.78 is 27.5. The molecule has 2 aromatic rings. The maximum atomic E-state index is 12.5. The molecule has 0 bridgehead atoms. The van der Waals surface area contributed by atoms with E-state index in [4.69, 9.17) is 0 Å². The van der Waals surface area contributed by atoms with Crippen LogP contribution in [0.2, 0.25) is 0 Å². The Morgan fingerprint density at radius 2 is 2.12 bits per heavy atom. The molecule has 1 aromatic heterocycles. The van der Waals surface area contributed by atoms with Gasteiger partial charge in [0, 0.05) is 38.1 Å². The van der Waals surface area contributed by atoms with Crippen molar-refractivity contribution in [3.8, 4) is 0 Å². The molecule has 1 N–H and O–H groups in total. The van der Waals surface area contributed by atoms with Crippen LogP contribution in [0.4, 0.5) is 5.13 Å². The molecule has 0 aliphatic carbocycles. The molecule has 1 fully saturated rings. The first-order valence-electron chi connectivity index (χ1n) is 7.87. The Kier molecular flexibility index (Phi) is 5.07. The molecular weight excluding hydrogens is 360 g/mol. The van der Waals surface area contributed by atoms with Crippen molar-refractivity contribution >= 4 is 32.4 Å². The Bertz CT molecular complexity index is 873. The highest BCUT2D eigenvalue weighted by Crippen LogP contribution is 2.19. The Hall–Kier alpha value is -1.97. The normalized spacial score (nSPS) is 14.2. The number of anilines is 1. The SMILES string of the molecule is CN(C)c1nc(CNS(=O)(=O)c2cccc(C(=O)N3CCC3)c2)cs1. The standard InChI is InChI=1S/C16H20N4O3S2/c1-19(2)16-18-13(11-24-16)10-17-25(22,23)14-6-3-5-12(9-14)15(21)20-7-4-8-20/h3,5-6,9,11,17H,4,7-8,10H2,1-2H3. The van der Waals surface area contributed by atoms with Gasteiger partial charge in [0.2, 0.25) is 10.0 Å². The molecule has 1 aliphatic heterocycles. The van der Waals surface area contributed by atoms with E-state index in [1.54, 1.807) is 17.0 Å². The zero-order valence-electron chi connectivity index (χ0n) is 14.1. The number of aromatic nitrogens is 1. The molecule has 2 heterocycles. The topological polar surface area (TPSA) is 82.6 Å². The zero-order chi connectivity index (χ0) is 18.0. The summed E-state index contributed by atoms with van der Waals surface area (Å²) in [7, 11) is 0.0551. The molecule has 0 unspecified atom stereocenters. The Balaban J connectivity index is 1.71. The third kappa shape index (κ3) is 4.00. The molecule has 0 spiro atoms. The Morgan fingerprint density at radius 1 is 1.36 bits per heavy atom. The summed E-state index contributed by atoms with van der Waals surface area (Å²) in [6.07, 6.45) is 0.994. The van der Waals surface area contributed by atoms with Crippen molar-refractivity contribution < 1.29 is 13.2 Å². The molecule has 134 valence electrons. The quantitative estimate of drug-likeness (QED) is 0.822. The molecule has 7 nitrogen and oxygen atoms in total. The van der Waals surface area contributed by atoms with E-state index in [9.17, 15) is 13.2 Å². The smallest absolute Gasteiger partial charge is 0.253 e. The lowest BCUT2D eigenvalue weighted by Crippen LogP contribution is -2.42.